The van der Waals surface area contributed by atoms with Gasteiger partial charge in [-0.3, -0.25) is 4.79 Å². The SMILES string of the molecule is CC[C@@H](C)C(=N)CC(C)=O. The zero-order chi connectivity index (χ0) is 8.15. The van der Waals surface area contributed by atoms with Gasteiger partial charge in [-0.25, -0.2) is 0 Å². The molecule has 0 aliphatic carbocycles. The minimum absolute atomic E-state index is 0.0882. The molecule has 0 unspecified atom stereocenters. The van der Waals surface area contributed by atoms with Crippen LogP contribution in [0.3, 0.4) is 0 Å². The van der Waals surface area contributed by atoms with Gasteiger partial charge in [0.15, 0.2) is 0 Å². The van der Waals surface area contributed by atoms with Crippen LogP contribution in [0.1, 0.15) is 33.6 Å². The van der Waals surface area contributed by atoms with Gasteiger partial charge in [-0.15, -0.1) is 0 Å². The van der Waals surface area contributed by atoms with E-state index in [0.29, 0.717) is 12.1 Å². The van der Waals surface area contributed by atoms with Gasteiger partial charge in [0.05, 0.1) is 0 Å². The van der Waals surface area contributed by atoms with E-state index >= 15 is 0 Å². The van der Waals surface area contributed by atoms with Crippen LogP contribution in [0.15, 0.2) is 0 Å². The highest BCUT2D eigenvalue weighted by atomic mass is 16.1. The Kier molecular flexibility index (Phi) is 3.93. The van der Waals surface area contributed by atoms with Gasteiger partial charge < -0.3 is 5.41 Å². The van der Waals surface area contributed by atoms with Crippen molar-refractivity contribution in [2.24, 2.45) is 5.92 Å². The molecule has 0 rings (SSSR count). The summed E-state index contributed by atoms with van der Waals surface area (Å²) in [6, 6.07) is 0. The molecule has 0 spiro atoms. The molecule has 0 amide bonds. The van der Waals surface area contributed by atoms with Crippen molar-refractivity contribution in [2.75, 3.05) is 0 Å². The number of ketones is 1. The van der Waals surface area contributed by atoms with Gasteiger partial charge in [0, 0.05) is 12.1 Å². The summed E-state index contributed by atoms with van der Waals surface area (Å²) in [5.41, 5.74) is 0.565. The monoisotopic (exact) mass is 141 g/mol. The molecule has 0 saturated heterocycles. The fourth-order valence-corrected chi connectivity index (χ4v) is 0.689. The molecule has 0 bridgehead atoms. The third-order valence-corrected chi connectivity index (χ3v) is 1.65. The summed E-state index contributed by atoms with van der Waals surface area (Å²) in [4.78, 5) is 10.5. The van der Waals surface area contributed by atoms with Gasteiger partial charge in [-0.05, 0) is 19.3 Å². The van der Waals surface area contributed by atoms with Crippen molar-refractivity contribution in [3.05, 3.63) is 0 Å². The van der Waals surface area contributed by atoms with Gasteiger partial charge in [0.25, 0.3) is 0 Å². The average molecular weight is 141 g/mol. The Labute approximate surface area is 62.1 Å². The summed E-state index contributed by atoms with van der Waals surface area (Å²) in [6.45, 7) is 5.53. The molecule has 58 valence electrons. The van der Waals surface area contributed by atoms with Crippen molar-refractivity contribution < 1.29 is 4.79 Å². The van der Waals surface area contributed by atoms with Crippen molar-refractivity contribution in [3.63, 3.8) is 0 Å². The molecule has 1 N–H and O–H groups in total. The Hall–Kier alpha value is -0.660. The quantitative estimate of drug-likeness (QED) is 0.598. The van der Waals surface area contributed by atoms with Crippen LogP contribution in [0.4, 0.5) is 0 Å². The van der Waals surface area contributed by atoms with E-state index in [1.807, 2.05) is 13.8 Å². The van der Waals surface area contributed by atoms with Crippen LogP contribution in [0, 0.1) is 11.3 Å². The van der Waals surface area contributed by atoms with E-state index in [-0.39, 0.29) is 11.7 Å². The van der Waals surface area contributed by atoms with Gasteiger partial charge in [0.1, 0.15) is 5.78 Å². The standard InChI is InChI=1S/C8H15NO/c1-4-6(2)8(9)5-7(3)10/h6,9H,4-5H2,1-3H3/t6-/m1/s1. The Morgan fingerprint density at radius 2 is 2.10 bits per heavy atom. The van der Waals surface area contributed by atoms with E-state index in [9.17, 15) is 4.79 Å². The van der Waals surface area contributed by atoms with Gasteiger partial charge in [0.2, 0.25) is 0 Å². The van der Waals surface area contributed by atoms with Crippen molar-refractivity contribution in [2.45, 2.75) is 33.6 Å². The van der Waals surface area contributed by atoms with Crippen molar-refractivity contribution in [1.29, 1.82) is 5.41 Å². The van der Waals surface area contributed by atoms with E-state index in [4.69, 9.17) is 5.41 Å². The largest absolute Gasteiger partial charge is 0.309 e. The lowest BCUT2D eigenvalue weighted by atomic mass is 9.99. The molecule has 0 heterocycles. The summed E-state index contributed by atoms with van der Waals surface area (Å²) in [7, 11) is 0. The lowest BCUT2D eigenvalue weighted by Gasteiger charge is -2.07. The molecule has 0 radical (unpaired) electrons. The Morgan fingerprint density at radius 1 is 1.60 bits per heavy atom. The van der Waals surface area contributed by atoms with Gasteiger partial charge in [-0.1, -0.05) is 13.8 Å². The number of carbonyl (C=O) groups excluding carboxylic acids is 1. The second-order valence-electron chi connectivity index (χ2n) is 2.71. The fourth-order valence-electron chi connectivity index (χ4n) is 0.689. The summed E-state index contributed by atoms with van der Waals surface area (Å²) in [5, 5.41) is 7.40. The minimum Gasteiger partial charge on any atom is -0.309 e. The molecule has 10 heavy (non-hydrogen) atoms. The molecule has 2 nitrogen and oxygen atoms in total. The maximum absolute atomic E-state index is 10.5. The first-order valence-corrected chi connectivity index (χ1v) is 3.64. The zero-order valence-corrected chi connectivity index (χ0v) is 6.90. The van der Waals surface area contributed by atoms with Crippen molar-refractivity contribution in [1.82, 2.24) is 0 Å². The number of nitrogens with one attached hydrogen (secondary N) is 1. The van der Waals surface area contributed by atoms with Crippen LogP contribution in [0.2, 0.25) is 0 Å². The number of rotatable bonds is 4. The molecule has 0 aromatic carbocycles. The molecule has 0 saturated carbocycles. The van der Waals surface area contributed by atoms with Crippen molar-refractivity contribution >= 4 is 11.5 Å². The van der Waals surface area contributed by atoms with Crippen LogP contribution in [-0.4, -0.2) is 11.5 Å². The Bertz CT molecular complexity index is 140. The first kappa shape index (κ1) is 9.34. The van der Waals surface area contributed by atoms with Gasteiger partial charge >= 0.3 is 0 Å². The first-order chi connectivity index (χ1) is 4.57. The second-order valence-corrected chi connectivity index (χ2v) is 2.71. The smallest absolute Gasteiger partial charge is 0.135 e. The fraction of sp³-hybridized carbons (Fsp3) is 0.750. The lowest BCUT2D eigenvalue weighted by molar-refractivity contribution is -0.115. The molecule has 0 aliphatic rings. The first-order valence-electron chi connectivity index (χ1n) is 3.64. The van der Waals surface area contributed by atoms with Crippen LogP contribution in [-0.2, 0) is 4.79 Å². The topological polar surface area (TPSA) is 40.9 Å². The Morgan fingerprint density at radius 3 is 2.40 bits per heavy atom. The van der Waals surface area contributed by atoms with E-state index < -0.39 is 0 Å². The van der Waals surface area contributed by atoms with Crippen molar-refractivity contribution in [3.8, 4) is 0 Å². The minimum atomic E-state index is 0.0882. The maximum Gasteiger partial charge on any atom is 0.135 e. The van der Waals surface area contributed by atoms with E-state index in [0.717, 1.165) is 6.42 Å². The highest BCUT2D eigenvalue weighted by Crippen LogP contribution is 2.05. The van der Waals surface area contributed by atoms with Crippen LogP contribution >= 0.6 is 0 Å². The molecular formula is C8H15NO. The summed E-state index contributed by atoms with van der Waals surface area (Å²) in [5.74, 6) is 0.356. The molecule has 0 aliphatic heterocycles. The highest BCUT2D eigenvalue weighted by Gasteiger charge is 2.07. The number of carbonyl (C=O) groups is 1. The molecule has 0 fully saturated rings. The number of Topliss-reactive ketones (excluding diaryl/α,β-unsaturated/α-hetero) is 1. The predicted molar refractivity (Wildman–Crippen MR) is 42.5 cm³/mol. The zero-order valence-electron chi connectivity index (χ0n) is 6.90. The predicted octanol–water partition coefficient (Wildman–Crippen LogP) is 2.03. The maximum atomic E-state index is 10.5. The molecule has 0 aromatic heterocycles. The molecule has 0 aromatic rings. The van der Waals surface area contributed by atoms with Crippen LogP contribution < -0.4 is 0 Å². The van der Waals surface area contributed by atoms with Gasteiger partial charge in [-0.2, -0.15) is 0 Å². The molecule has 1 atom stereocenters. The lowest BCUT2D eigenvalue weighted by Crippen LogP contribution is -2.12. The summed E-state index contributed by atoms with van der Waals surface area (Å²) >= 11 is 0. The Balaban J connectivity index is 3.73. The normalized spacial score (nSPS) is 12.7. The third-order valence-electron chi connectivity index (χ3n) is 1.65. The highest BCUT2D eigenvalue weighted by molar-refractivity contribution is 6.00. The average Bonchev–Trinajstić information content (AvgIpc) is 1.85. The molecule has 2 heteroatoms. The van der Waals surface area contributed by atoms with E-state index in [1.165, 1.54) is 6.92 Å². The van der Waals surface area contributed by atoms with E-state index in [1.54, 1.807) is 0 Å². The summed E-state index contributed by atoms with van der Waals surface area (Å²) < 4.78 is 0. The molecular weight excluding hydrogens is 126 g/mol. The summed E-state index contributed by atoms with van der Waals surface area (Å²) in [6.07, 6.45) is 1.28. The van der Waals surface area contributed by atoms with E-state index in [2.05, 4.69) is 0 Å². The van der Waals surface area contributed by atoms with Crippen LogP contribution in [0.25, 0.3) is 0 Å². The van der Waals surface area contributed by atoms with Crippen LogP contribution in [0.5, 0.6) is 0 Å². The number of hydrogen-bond acceptors (Lipinski definition) is 2. The second kappa shape index (κ2) is 4.20. The number of hydrogen-bond donors (Lipinski definition) is 1. The third kappa shape index (κ3) is 3.38.